The van der Waals surface area contributed by atoms with Gasteiger partial charge in [0.05, 0.1) is 28.0 Å². The monoisotopic (exact) mass is 594 g/mol. The van der Waals surface area contributed by atoms with E-state index in [9.17, 15) is 23.3 Å². The van der Waals surface area contributed by atoms with Gasteiger partial charge in [-0.1, -0.05) is 62.4 Å². The van der Waals surface area contributed by atoms with E-state index >= 15 is 0 Å². The predicted octanol–water partition coefficient (Wildman–Crippen LogP) is 4.05. The zero-order valence-electron chi connectivity index (χ0n) is 22.8. The highest BCUT2D eigenvalue weighted by Gasteiger charge is 2.33. The van der Waals surface area contributed by atoms with Crippen LogP contribution in [-0.2, 0) is 19.6 Å². The summed E-state index contributed by atoms with van der Waals surface area (Å²) >= 11 is 1.40. The van der Waals surface area contributed by atoms with Crippen molar-refractivity contribution >= 4 is 43.3 Å². The average Bonchev–Trinajstić information content (AvgIpc) is 3.45. The number of benzene rings is 2. The lowest BCUT2D eigenvalue weighted by atomic mass is 9.84. The number of hydrogen-bond acceptors (Lipinski definition) is 7. The maximum absolute atomic E-state index is 13.4. The molecule has 9 nitrogen and oxygen atoms in total. The van der Waals surface area contributed by atoms with Gasteiger partial charge in [0.2, 0.25) is 15.9 Å². The molecule has 1 unspecified atom stereocenters. The summed E-state index contributed by atoms with van der Waals surface area (Å²) in [6.45, 7) is 0.471. The summed E-state index contributed by atoms with van der Waals surface area (Å²) in [6, 6.07) is 17.0. The Hall–Kier alpha value is -3.30. The molecule has 41 heavy (non-hydrogen) atoms. The molecule has 0 bridgehead atoms. The number of hydrogen-bond donors (Lipinski definition) is 2. The van der Waals surface area contributed by atoms with Gasteiger partial charge >= 0.3 is 0 Å². The Kier molecular flexibility index (Phi) is 9.35. The predicted molar refractivity (Wildman–Crippen MR) is 157 cm³/mol. The van der Waals surface area contributed by atoms with E-state index in [0.717, 1.165) is 35.8 Å². The lowest BCUT2D eigenvalue weighted by Crippen LogP contribution is -2.53. The molecule has 5 rings (SSSR count). The molecule has 2 fully saturated rings. The highest BCUT2D eigenvalue weighted by atomic mass is 32.2. The number of fused-ring (bicyclic) bond motifs is 1. The van der Waals surface area contributed by atoms with E-state index in [2.05, 4.69) is 10.6 Å². The van der Waals surface area contributed by atoms with Crippen LogP contribution in [0.2, 0.25) is 0 Å². The summed E-state index contributed by atoms with van der Waals surface area (Å²) in [7, 11) is -3.91. The molecule has 1 aliphatic heterocycles. The zero-order chi connectivity index (χ0) is 28.8. The van der Waals surface area contributed by atoms with Gasteiger partial charge in [-0.3, -0.25) is 9.59 Å². The average molecular weight is 595 g/mol. The Morgan fingerprint density at radius 3 is 2.63 bits per heavy atom. The summed E-state index contributed by atoms with van der Waals surface area (Å²) in [6.07, 6.45) is 5.50. The van der Waals surface area contributed by atoms with Crippen LogP contribution in [-0.4, -0.2) is 62.9 Å². The van der Waals surface area contributed by atoms with Gasteiger partial charge in [-0.05, 0) is 42.0 Å². The lowest BCUT2D eigenvalue weighted by Gasteiger charge is -2.33. The van der Waals surface area contributed by atoms with Crippen LogP contribution >= 0.6 is 11.3 Å². The van der Waals surface area contributed by atoms with Crippen LogP contribution in [0.3, 0.4) is 0 Å². The Balaban J connectivity index is 1.24. The van der Waals surface area contributed by atoms with Gasteiger partial charge in [-0.25, -0.2) is 8.42 Å². The summed E-state index contributed by atoms with van der Waals surface area (Å²) in [4.78, 5) is 27.2. The van der Waals surface area contributed by atoms with Crippen molar-refractivity contribution in [1.29, 1.82) is 5.26 Å². The number of morpholine rings is 1. The number of carbonyl (C=O) groups excluding carboxylic acids is 2. The van der Waals surface area contributed by atoms with Crippen molar-refractivity contribution < 1.29 is 22.7 Å². The Morgan fingerprint density at radius 2 is 1.85 bits per heavy atom. The summed E-state index contributed by atoms with van der Waals surface area (Å²) < 4.78 is 34.7. The number of nitrogens with zero attached hydrogens (tertiary/aromatic N) is 2. The molecule has 2 heterocycles. The van der Waals surface area contributed by atoms with Crippen molar-refractivity contribution in [2.24, 2.45) is 5.92 Å². The first-order valence-corrected chi connectivity index (χ1v) is 16.3. The largest absolute Gasteiger partial charge is 0.374 e. The van der Waals surface area contributed by atoms with Crippen LogP contribution in [0.15, 0.2) is 59.5 Å². The first kappa shape index (κ1) is 29.2. The number of amides is 2. The van der Waals surface area contributed by atoms with E-state index in [1.807, 2.05) is 36.4 Å². The van der Waals surface area contributed by atoms with Gasteiger partial charge in [-0.15, -0.1) is 11.3 Å². The van der Waals surface area contributed by atoms with Crippen LogP contribution in [0, 0.1) is 17.2 Å². The topological polar surface area (TPSA) is 129 Å². The maximum atomic E-state index is 13.4. The lowest BCUT2D eigenvalue weighted by molar-refractivity contribution is -0.124. The number of nitrogens with one attached hydrogen (secondary N) is 2. The SMILES string of the molecule is N#Cc1ccccc1S(=O)(=O)N1CCOC(CNC(=O)[C@H](CC2CCCCC2)NC(=O)c2cc3ccccc3s2)C1. The molecule has 0 spiro atoms. The molecule has 2 atom stereocenters. The smallest absolute Gasteiger partial charge is 0.262 e. The first-order valence-electron chi connectivity index (χ1n) is 14.0. The number of rotatable bonds is 9. The van der Waals surface area contributed by atoms with Crippen molar-refractivity contribution in [2.45, 2.75) is 55.6 Å². The van der Waals surface area contributed by atoms with Crippen molar-refractivity contribution in [2.75, 3.05) is 26.2 Å². The minimum Gasteiger partial charge on any atom is -0.374 e. The number of thiophene rings is 1. The van der Waals surface area contributed by atoms with Crippen LogP contribution in [0.5, 0.6) is 0 Å². The molecular formula is C30H34N4O5S2. The highest BCUT2D eigenvalue weighted by Crippen LogP contribution is 2.29. The molecule has 2 amide bonds. The maximum Gasteiger partial charge on any atom is 0.262 e. The number of nitriles is 1. The molecule has 1 saturated carbocycles. The Morgan fingerprint density at radius 1 is 1.10 bits per heavy atom. The van der Waals surface area contributed by atoms with Crippen LogP contribution in [0.4, 0.5) is 0 Å². The minimum atomic E-state index is -3.91. The third kappa shape index (κ3) is 6.96. The summed E-state index contributed by atoms with van der Waals surface area (Å²) in [5.74, 6) is -0.220. The molecule has 3 aromatic rings. The van der Waals surface area contributed by atoms with Crippen LogP contribution in [0.1, 0.15) is 53.8 Å². The van der Waals surface area contributed by atoms with E-state index in [-0.39, 0.29) is 48.5 Å². The normalized spacial score (nSPS) is 19.3. The molecule has 1 aliphatic carbocycles. The van der Waals surface area contributed by atoms with Crippen LogP contribution < -0.4 is 10.6 Å². The van der Waals surface area contributed by atoms with E-state index in [4.69, 9.17) is 4.74 Å². The fraction of sp³-hybridized carbons (Fsp3) is 0.433. The molecule has 1 aromatic heterocycles. The molecule has 11 heteroatoms. The van der Waals surface area contributed by atoms with Crippen molar-refractivity contribution in [3.05, 3.63) is 65.0 Å². The second-order valence-electron chi connectivity index (χ2n) is 10.6. The van der Waals surface area contributed by atoms with Crippen molar-refractivity contribution in [1.82, 2.24) is 14.9 Å². The number of carbonyl (C=O) groups is 2. The number of sulfonamides is 1. The Labute approximate surface area is 244 Å². The molecule has 2 aliphatic rings. The molecular weight excluding hydrogens is 560 g/mol. The molecule has 2 aromatic carbocycles. The van der Waals surface area contributed by atoms with E-state index < -0.39 is 22.2 Å². The van der Waals surface area contributed by atoms with E-state index in [1.54, 1.807) is 12.1 Å². The van der Waals surface area contributed by atoms with Gasteiger partial charge < -0.3 is 15.4 Å². The fourth-order valence-electron chi connectivity index (χ4n) is 5.61. The summed E-state index contributed by atoms with van der Waals surface area (Å²) in [5.41, 5.74) is 0.0868. The van der Waals surface area contributed by atoms with Gasteiger partial charge in [0, 0.05) is 24.3 Å². The fourth-order valence-corrected chi connectivity index (χ4v) is 8.17. The first-order chi connectivity index (χ1) is 19.8. The van der Waals surface area contributed by atoms with Gasteiger partial charge in [0.1, 0.15) is 12.1 Å². The van der Waals surface area contributed by atoms with Crippen LogP contribution in [0.25, 0.3) is 10.1 Å². The molecule has 0 radical (unpaired) electrons. The van der Waals surface area contributed by atoms with E-state index in [0.29, 0.717) is 17.2 Å². The Bertz CT molecular complexity index is 1510. The summed E-state index contributed by atoms with van der Waals surface area (Å²) in [5, 5.41) is 16.3. The second-order valence-corrected chi connectivity index (χ2v) is 13.6. The number of ether oxygens (including phenoxy) is 1. The minimum absolute atomic E-state index is 0.0383. The van der Waals surface area contributed by atoms with Gasteiger partial charge in [0.25, 0.3) is 5.91 Å². The quantitative estimate of drug-likeness (QED) is 0.385. The van der Waals surface area contributed by atoms with Gasteiger partial charge in [-0.2, -0.15) is 9.57 Å². The molecule has 216 valence electrons. The molecule has 2 N–H and O–H groups in total. The third-order valence-electron chi connectivity index (χ3n) is 7.80. The highest BCUT2D eigenvalue weighted by molar-refractivity contribution is 7.89. The van der Waals surface area contributed by atoms with Gasteiger partial charge in [0.15, 0.2) is 0 Å². The zero-order valence-corrected chi connectivity index (χ0v) is 24.4. The standard InChI is InChI=1S/C30H34N4O5S2/c31-18-23-11-5-7-13-28(23)41(37,38)34-14-15-39-24(20-34)19-32-29(35)25(16-21-8-2-1-3-9-21)33-30(36)27-17-22-10-4-6-12-26(22)40-27/h4-7,10-13,17,21,24-25H,1-3,8-9,14-16,19-20H2,(H,32,35)(H,33,36)/t24?,25-/m0/s1. The van der Waals surface area contributed by atoms with Crippen molar-refractivity contribution in [3.63, 3.8) is 0 Å². The van der Waals surface area contributed by atoms with E-state index in [1.165, 1.54) is 34.2 Å². The second kappa shape index (κ2) is 13.1. The third-order valence-corrected chi connectivity index (χ3v) is 10.8. The molecule has 1 saturated heterocycles. The van der Waals surface area contributed by atoms with Crippen molar-refractivity contribution in [3.8, 4) is 6.07 Å².